The van der Waals surface area contributed by atoms with Crippen molar-refractivity contribution < 1.29 is 14.2 Å². The maximum absolute atomic E-state index is 6.20. The van der Waals surface area contributed by atoms with Gasteiger partial charge in [-0.25, -0.2) is 0 Å². The average Bonchev–Trinajstić information content (AvgIpc) is 3.15. The highest BCUT2D eigenvalue weighted by Gasteiger charge is 2.40. The zero-order chi connectivity index (χ0) is 14.1. The van der Waals surface area contributed by atoms with Crippen molar-refractivity contribution >= 4 is 11.8 Å². The summed E-state index contributed by atoms with van der Waals surface area (Å²) < 4.78 is 17.7. The Bertz CT molecular complexity index is 489. The molecular weight excluding hydrogens is 284 g/mol. The molecule has 3 aliphatic rings. The molecule has 1 aromatic carbocycles. The molecule has 4 heteroatoms. The first-order chi connectivity index (χ1) is 10.3. The number of ether oxygens (including phenoxy) is 3. The third-order valence-electron chi connectivity index (χ3n) is 4.84. The molecule has 4 rings (SSSR count). The minimum atomic E-state index is -0.268. The molecule has 2 heterocycles. The van der Waals surface area contributed by atoms with E-state index in [0.717, 1.165) is 51.3 Å². The Labute approximate surface area is 130 Å². The molecule has 21 heavy (non-hydrogen) atoms. The van der Waals surface area contributed by atoms with E-state index in [-0.39, 0.29) is 5.79 Å². The summed E-state index contributed by atoms with van der Waals surface area (Å²) in [4.78, 5) is 1.43. The van der Waals surface area contributed by atoms with Crippen molar-refractivity contribution in [3.05, 3.63) is 29.8 Å². The second-order valence-electron chi connectivity index (χ2n) is 6.19. The highest BCUT2D eigenvalue weighted by molar-refractivity contribution is 7.99. The highest BCUT2D eigenvalue weighted by atomic mass is 32.2. The lowest BCUT2D eigenvalue weighted by Crippen LogP contribution is -2.37. The molecule has 2 aliphatic heterocycles. The summed E-state index contributed by atoms with van der Waals surface area (Å²) >= 11 is 1.96. The zero-order valence-corrected chi connectivity index (χ0v) is 13.1. The van der Waals surface area contributed by atoms with Gasteiger partial charge >= 0.3 is 0 Å². The van der Waals surface area contributed by atoms with E-state index < -0.39 is 0 Å². The third-order valence-corrected chi connectivity index (χ3v) is 6.09. The molecule has 1 unspecified atom stereocenters. The summed E-state index contributed by atoms with van der Waals surface area (Å²) in [5.41, 5.74) is 1.47. The summed E-state index contributed by atoms with van der Waals surface area (Å²) in [6, 6.07) is 8.73. The van der Waals surface area contributed by atoms with Gasteiger partial charge in [0, 0.05) is 29.4 Å². The zero-order valence-electron chi connectivity index (χ0n) is 12.3. The van der Waals surface area contributed by atoms with Gasteiger partial charge in [0.1, 0.15) is 0 Å². The SMILES string of the molecule is c1ccc2c(c1)SCC2COC1CCC2(CC1)OCCO2. The van der Waals surface area contributed by atoms with Crippen LogP contribution in [-0.4, -0.2) is 37.5 Å². The normalized spacial score (nSPS) is 28.1. The van der Waals surface area contributed by atoms with Crippen molar-refractivity contribution in [1.82, 2.24) is 0 Å². The maximum atomic E-state index is 6.20. The molecule has 0 radical (unpaired) electrons. The number of benzene rings is 1. The molecule has 3 nitrogen and oxygen atoms in total. The van der Waals surface area contributed by atoms with Gasteiger partial charge in [0.2, 0.25) is 0 Å². The van der Waals surface area contributed by atoms with Crippen LogP contribution in [0.25, 0.3) is 0 Å². The maximum Gasteiger partial charge on any atom is 0.168 e. The molecule has 2 fully saturated rings. The van der Waals surface area contributed by atoms with Crippen LogP contribution in [0.15, 0.2) is 29.2 Å². The number of hydrogen-bond donors (Lipinski definition) is 0. The van der Waals surface area contributed by atoms with Gasteiger partial charge in [0.05, 0.1) is 25.9 Å². The second-order valence-corrected chi connectivity index (χ2v) is 7.25. The predicted octanol–water partition coefficient (Wildman–Crippen LogP) is 3.58. The van der Waals surface area contributed by atoms with Crippen LogP contribution in [0.2, 0.25) is 0 Å². The van der Waals surface area contributed by atoms with Crippen LogP contribution in [0.5, 0.6) is 0 Å². The fraction of sp³-hybridized carbons (Fsp3) is 0.647. The minimum Gasteiger partial charge on any atom is -0.378 e. The monoisotopic (exact) mass is 306 g/mol. The van der Waals surface area contributed by atoms with Crippen LogP contribution in [0.3, 0.4) is 0 Å². The van der Waals surface area contributed by atoms with Crippen LogP contribution in [0.1, 0.15) is 37.2 Å². The topological polar surface area (TPSA) is 27.7 Å². The van der Waals surface area contributed by atoms with Crippen LogP contribution in [0, 0.1) is 0 Å². The van der Waals surface area contributed by atoms with Crippen LogP contribution < -0.4 is 0 Å². The fourth-order valence-electron chi connectivity index (χ4n) is 3.60. The Hall–Kier alpha value is -0.550. The van der Waals surface area contributed by atoms with E-state index in [0.29, 0.717) is 12.0 Å². The van der Waals surface area contributed by atoms with Crippen molar-refractivity contribution in [3.8, 4) is 0 Å². The smallest absolute Gasteiger partial charge is 0.168 e. The standard InChI is InChI=1S/C17H22O3S/c1-2-4-16-15(3-1)13(12-21-16)11-18-14-5-7-17(8-6-14)19-9-10-20-17/h1-4,13-14H,5-12H2. The molecule has 0 bridgehead atoms. The summed E-state index contributed by atoms with van der Waals surface area (Å²) in [5, 5.41) is 0. The molecule has 1 atom stereocenters. The number of fused-ring (bicyclic) bond motifs is 1. The summed E-state index contributed by atoms with van der Waals surface area (Å²) in [6.07, 6.45) is 4.45. The number of thioether (sulfide) groups is 1. The lowest BCUT2D eigenvalue weighted by atomic mass is 9.91. The largest absolute Gasteiger partial charge is 0.378 e. The van der Waals surface area contributed by atoms with E-state index in [1.165, 1.54) is 10.5 Å². The minimum absolute atomic E-state index is 0.268. The van der Waals surface area contributed by atoms with Crippen LogP contribution >= 0.6 is 11.8 Å². The van der Waals surface area contributed by atoms with Crippen molar-refractivity contribution in [1.29, 1.82) is 0 Å². The van der Waals surface area contributed by atoms with Gasteiger partial charge in [-0.3, -0.25) is 0 Å². The lowest BCUT2D eigenvalue weighted by Gasteiger charge is -2.35. The molecule has 1 spiro atoms. The van der Waals surface area contributed by atoms with E-state index >= 15 is 0 Å². The van der Waals surface area contributed by atoms with Crippen molar-refractivity contribution in [2.45, 2.75) is 48.4 Å². The first-order valence-electron chi connectivity index (χ1n) is 7.96. The van der Waals surface area contributed by atoms with Gasteiger partial charge in [0.15, 0.2) is 5.79 Å². The molecule has 1 aliphatic carbocycles. The lowest BCUT2D eigenvalue weighted by molar-refractivity contribution is -0.192. The Balaban J connectivity index is 1.29. The van der Waals surface area contributed by atoms with E-state index in [1.54, 1.807) is 0 Å². The first-order valence-corrected chi connectivity index (χ1v) is 8.94. The molecular formula is C17H22O3S. The van der Waals surface area contributed by atoms with Crippen molar-refractivity contribution in [2.24, 2.45) is 0 Å². The van der Waals surface area contributed by atoms with Gasteiger partial charge in [0.25, 0.3) is 0 Å². The van der Waals surface area contributed by atoms with E-state index in [4.69, 9.17) is 14.2 Å². The van der Waals surface area contributed by atoms with Crippen molar-refractivity contribution in [2.75, 3.05) is 25.6 Å². The molecule has 0 N–H and O–H groups in total. The summed E-state index contributed by atoms with van der Waals surface area (Å²) in [6.45, 7) is 2.35. The summed E-state index contributed by atoms with van der Waals surface area (Å²) in [7, 11) is 0. The molecule has 0 amide bonds. The van der Waals surface area contributed by atoms with Gasteiger partial charge in [-0.1, -0.05) is 18.2 Å². The predicted molar refractivity (Wildman–Crippen MR) is 82.8 cm³/mol. The molecule has 1 saturated heterocycles. The van der Waals surface area contributed by atoms with Crippen LogP contribution in [0.4, 0.5) is 0 Å². The molecule has 1 aromatic rings. The quantitative estimate of drug-likeness (QED) is 0.853. The Morgan fingerprint density at radius 3 is 2.71 bits per heavy atom. The van der Waals surface area contributed by atoms with Crippen LogP contribution in [-0.2, 0) is 14.2 Å². The summed E-state index contributed by atoms with van der Waals surface area (Å²) in [5.74, 6) is 1.44. The average molecular weight is 306 g/mol. The third kappa shape index (κ3) is 2.87. The molecule has 114 valence electrons. The van der Waals surface area contributed by atoms with Gasteiger partial charge in [-0.05, 0) is 24.5 Å². The van der Waals surface area contributed by atoms with Gasteiger partial charge < -0.3 is 14.2 Å². The van der Waals surface area contributed by atoms with Gasteiger partial charge in [-0.15, -0.1) is 11.8 Å². The first kappa shape index (κ1) is 14.1. The highest BCUT2D eigenvalue weighted by Crippen LogP contribution is 2.41. The fourth-order valence-corrected chi connectivity index (χ4v) is 4.84. The Kier molecular flexibility index (Phi) is 3.96. The Morgan fingerprint density at radius 2 is 1.90 bits per heavy atom. The van der Waals surface area contributed by atoms with Gasteiger partial charge in [-0.2, -0.15) is 0 Å². The van der Waals surface area contributed by atoms with E-state index in [1.807, 2.05) is 11.8 Å². The van der Waals surface area contributed by atoms with Crippen molar-refractivity contribution in [3.63, 3.8) is 0 Å². The molecule has 0 aromatic heterocycles. The van der Waals surface area contributed by atoms with E-state index in [2.05, 4.69) is 24.3 Å². The number of hydrogen-bond acceptors (Lipinski definition) is 4. The number of rotatable bonds is 3. The Morgan fingerprint density at radius 1 is 1.14 bits per heavy atom. The van der Waals surface area contributed by atoms with E-state index in [9.17, 15) is 0 Å². The second kappa shape index (κ2) is 5.92. The molecule has 1 saturated carbocycles.